The number of hydrogen-bond acceptors (Lipinski definition) is 5. The number of nitrogens with one attached hydrogen (secondary N) is 1. The van der Waals surface area contributed by atoms with Crippen LogP contribution in [0.1, 0.15) is 12.7 Å². The molecule has 1 heterocycles. The van der Waals surface area contributed by atoms with Crippen LogP contribution in [0, 0.1) is 0 Å². The van der Waals surface area contributed by atoms with Crippen molar-refractivity contribution in [3.63, 3.8) is 0 Å². The number of nitrogens with zero attached hydrogens (tertiary/aromatic N) is 1. The summed E-state index contributed by atoms with van der Waals surface area (Å²) < 4.78 is 72.0. The molecule has 2 aromatic rings. The first-order chi connectivity index (χ1) is 10.2. The van der Waals surface area contributed by atoms with Crippen molar-refractivity contribution in [1.29, 1.82) is 0 Å². The van der Waals surface area contributed by atoms with Crippen LogP contribution in [0.2, 0.25) is 0 Å². The Labute approximate surface area is 124 Å². The highest BCUT2D eigenvalue weighted by molar-refractivity contribution is 7.92. The summed E-state index contributed by atoms with van der Waals surface area (Å²) in [6, 6.07) is 4.03. The monoisotopic (exact) mass is 336 g/mol. The van der Waals surface area contributed by atoms with E-state index in [1.165, 1.54) is 18.3 Å². The highest BCUT2D eigenvalue weighted by Crippen LogP contribution is 2.30. The van der Waals surface area contributed by atoms with Gasteiger partial charge in [0.15, 0.2) is 0 Å². The second kappa shape index (κ2) is 5.87. The summed E-state index contributed by atoms with van der Waals surface area (Å²) in [5.74, 6) is -0.415. The third kappa shape index (κ3) is 3.91. The number of oxazole rings is 1. The van der Waals surface area contributed by atoms with E-state index in [-0.39, 0.29) is 6.01 Å². The predicted octanol–water partition coefficient (Wildman–Crippen LogP) is 2.94. The maximum atomic E-state index is 12.3. The third-order valence-electron chi connectivity index (χ3n) is 2.49. The van der Waals surface area contributed by atoms with E-state index in [4.69, 9.17) is 4.42 Å². The number of alkyl halides is 3. The second-order valence-electron chi connectivity index (χ2n) is 4.09. The molecule has 1 N–H and O–H groups in total. The van der Waals surface area contributed by atoms with Gasteiger partial charge in [-0.3, -0.25) is 0 Å². The van der Waals surface area contributed by atoms with Gasteiger partial charge in [0.05, 0.1) is 6.20 Å². The quantitative estimate of drug-likeness (QED) is 0.908. The number of hydrogen-bond donors (Lipinski definition) is 1. The Bertz CT molecular complexity index is 756. The molecule has 1 aromatic carbocycles. The lowest BCUT2D eigenvalue weighted by Gasteiger charge is -2.13. The number of sulfonamides is 1. The van der Waals surface area contributed by atoms with E-state index in [1.807, 2.05) is 4.72 Å². The van der Waals surface area contributed by atoms with Crippen molar-refractivity contribution >= 4 is 16.0 Å². The van der Waals surface area contributed by atoms with Crippen LogP contribution in [0.3, 0.4) is 0 Å². The SMILES string of the molecule is CCc1cnc(NS(=O)(=O)c2ccccc2OC(F)(F)F)o1. The number of aromatic nitrogens is 1. The van der Waals surface area contributed by atoms with Crippen LogP contribution in [-0.4, -0.2) is 19.8 Å². The van der Waals surface area contributed by atoms with Gasteiger partial charge in [0.2, 0.25) is 0 Å². The summed E-state index contributed by atoms with van der Waals surface area (Å²) in [7, 11) is -4.34. The number of ether oxygens (including phenoxy) is 1. The number of benzene rings is 1. The first-order valence-electron chi connectivity index (χ1n) is 6.03. The first-order valence-corrected chi connectivity index (χ1v) is 7.52. The summed E-state index contributed by atoms with van der Waals surface area (Å²) in [5, 5.41) is 0. The van der Waals surface area contributed by atoms with Gasteiger partial charge in [0, 0.05) is 6.42 Å². The van der Waals surface area contributed by atoms with Gasteiger partial charge >= 0.3 is 12.4 Å². The fourth-order valence-corrected chi connectivity index (χ4v) is 2.64. The Kier molecular flexibility index (Phi) is 4.31. The van der Waals surface area contributed by atoms with Gasteiger partial charge in [0.25, 0.3) is 10.0 Å². The van der Waals surface area contributed by atoms with Crippen molar-refractivity contribution in [1.82, 2.24) is 4.98 Å². The van der Waals surface area contributed by atoms with Crippen molar-refractivity contribution < 1.29 is 30.7 Å². The van der Waals surface area contributed by atoms with Crippen LogP contribution in [0.4, 0.5) is 19.2 Å². The molecule has 22 heavy (non-hydrogen) atoms. The molecule has 0 amide bonds. The molecule has 0 radical (unpaired) electrons. The third-order valence-corrected chi connectivity index (χ3v) is 3.85. The van der Waals surface area contributed by atoms with E-state index >= 15 is 0 Å². The molecule has 10 heteroatoms. The minimum absolute atomic E-state index is 0.335. The van der Waals surface area contributed by atoms with Gasteiger partial charge in [-0.15, -0.1) is 13.2 Å². The topological polar surface area (TPSA) is 81.4 Å². The standard InChI is InChI=1S/C12H11F3N2O4S/c1-2-8-7-16-11(20-8)17-22(18,19)10-6-4-3-5-9(10)21-12(13,14)15/h3-7H,2H2,1H3,(H,16,17). The highest BCUT2D eigenvalue weighted by atomic mass is 32.2. The lowest BCUT2D eigenvalue weighted by Crippen LogP contribution is -2.20. The van der Waals surface area contributed by atoms with Gasteiger partial charge in [-0.25, -0.2) is 18.1 Å². The molecule has 0 fully saturated rings. The Morgan fingerprint density at radius 3 is 2.59 bits per heavy atom. The molecule has 0 bridgehead atoms. The molecule has 0 unspecified atom stereocenters. The van der Waals surface area contributed by atoms with Crippen LogP contribution >= 0.6 is 0 Å². The summed E-state index contributed by atoms with van der Waals surface area (Å²) in [6.45, 7) is 1.77. The Morgan fingerprint density at radius 1 is 1.32 bits per heavy atom. The van der Waals surface area contributed by atoms with E-state index in [1.54, 1.807) is 6.92 Å². The Hall–Kier alpha value is -2.23. The fourth-order valence-electron chi connectivity index (χ4n) is 1.57. The molecule has 0 aliphatic carbocycles. The lowest BCUT2D eigenvalue weighted by molar-refractivity contribution is -0.275. The average molecular weight is 336 g/mol. The molecule has 0 spiro atoms. The van der Waals surface area contributed by atoms with E-state index in [9.17, 15) is 21.6 Å². The van der Waals surface area contributed by atoms with E-state index < -0.39 is 27.0 Å². The smallest absolute Gasteiger partial charge is 0.428 e. The van der Waals surface area contributed by atoms with Gasteiger partial charge in [0.1, 0.15) is 16.4 Å². The van der Waals surface area contributed by atoms with Crippen LogP contribution < -0.4 is 9.46 Å². The molecule has 0 aliphatic rings. The zero-order valence-corrected chi connectivity index (χ0v) is 12.0. The lowest BCUT2D eigenvalue weighted by atomic mass is 10.3. The molecule has 120 valence electrons. The van der Waals surface area contributed by atoms with Crippen molar-refractivity contribution in [2.24, 2.45) is 0 Å². The van der Waals surface area contributed by atoms with Crippen LogP contribution in [0.5, 0.6) is 5.75 Å². The molecule has 0 aliphatic heterocycles. The van der Waals surface area contributed by atoms with Gasteiger partial charge in [-0.2, -0.15) is 0 Å². The molecular weight excluding hydrogens is 325 g/mol. The molecule has 0 saturated carbocycles. The minimum atomic E-state index is -5.01. The van der Waals surface area contributed by atoms with Crippen LogP contribution in [0.15, 0.2) is 39.8 Å². The normalized spacial score (nSPS) is 12.2. The van der Waals surface area contributed by atoms with E-state index in [0.29, 0.717) is 12.2 Å². The summed E-state index contributed by atoms with van der Waals surface area (Å²) in [4.78, 5) is 3.00. The maximum Gasteiger partial charge on any atom is 0.573 e. The molecular formula is C12H11F3N2O4S. The second-order valence-corrected chi connectivity index (χ2v) is 5.74. The molecule has 0 atom stereocenters. The Morgan fingerprint density at radius 2 is 2.00 bits per heavy atom. The largest absolute Gasteiger partial charge is 0.573 e. The first kappa shape index (κ1) is 16.1. The number of anilines is 1. The zero-order valence-electron chi connectivity index (χ0n) is 11.2. The van der Waals surface area contributed by atoms with E-state index in [0.717, 1.165) is 12.1 Å². The number of aryl methyl sites for hydroxylation is 1. The zero-order chi connectivity index (χ0) is 16.4. The molecule has 1 aromatic heterocycles. The summed E-state index contributed by atoms with van der Waals surface area (Å²) in [6.07, 6.45) is -3.21. The van der Waals surface area contributed by atoms with Gasteiger partial charge < -0.3 is 9.15 Å². The summed E-state index contributed by atoms with van der Waals surface area (Å²) >= 11 is 0. The minimum Gasteiger partial charge on any atom is -0.428 e. The van der Waals surface area contributed by atoms with Crippen molar-refractivity contribution in [2.45, 2.75) is 24.6 Å². The Balaban J connectivity index is 2.33. The van der Waals surface area contributed by atoms with E-state index in [2.05, 4.69) is 9.72 Å². The van der Waals surface area contributed by atoms with Crippen molar-refractivity contribution in [3.8, 4) is 5.75 Å². The molecule has 6 nitrogen and oxygen atoms in total. The molecule has 0 saturated heterocycles. The van der Waals surface area contributed by atoms with Gasteiger partial charge in [-0.05, 0) is 12.1 Å². The average Bonchev–Trinajstić information content (AvgIpc) is 2.84. The van der Waals surface area contributed by atoms with Crippen LogP contribution in [-0.2, 0) is 16.4 Å². The molecule has 2 rings (SSSR count). The summed E-state index contributed by atoms with van der Waals surface area (Å²) in [5.41, 5.74) is 0. The van der Waals surface area contributed by atoms with Crippen molar-refractivity contribution in [2.75, 3.05) is 4.72 Å². The number of para-hydroxylation sites is 1. The maximum absolute atomic E-state index is 12.3. The highest BCUT2D eigenvalue weighted by Gasteiger charge is 2.34. The number of rotatable bonds is 5. The van der Waals surface area contributed by atoms with Crippen LogP contribution in [0.25, 0.3) is 0 Å². The predicted molar refractivity (Wildman–Crippen MR) is 69.8 cm³/mol. The van der Waals surface area contributed by atoms with Gasteiger partial charge in [-0.1, -0.05) is 19.1 Å². The van der Waals surface area contributed by atoms with Crippen molar-refractivity contribution in [3.05, 3.63) is 36.2 Å². The number of halogens is 3. The fraction of sp³-hybridized carbons (Fsp3) is 0.250.